The standard InChI is InChI=1S/C20H28O3/c1-12-6-5-9-20(4)16(13(2)7-8-18(20)21)11-15-14(3)19(22)23-17(15)10-12/h6-7,16-18,21H,5,8-11H2,1-4H3/b12-6+/t16-,17-,18+,20+/m0/s1. The Balaban J connectivity index is 2.05. The van der Waals surface area contributed by atoms with Crippen molar-refractivity contribution in [1.29, 1.82) is 0 Å². The van der Waals surface area contributed by atoms with Crippen molar-refractivity contribution in [2.24, 2.45) is 11.3 Å². The molecule has 0 radical (unpaired) electrons. The van der Waals surface area contributed by atoms with Gasteiger partial charge in [0.1, 0.15) is 6.10 Å². The number of allylic oxidation sites excluding steroid dienone is 2. The van der Waals surface area contributed by atoms with Gasteiger partial charge < -0.3 is 9.84 Å². The number of aliphatic hydroxyl groups excluding tert-OH is 1. The van der Waals surface area contributed by atoms with Gasteiger partial charge in [0.05, 0.1) is 6.10 Å². The molecule has 3 aliphatic rings. The predicted octanol–water partition coefficient (Wildman–Crippen LogP) is 4.08. The van der Waals surface area contributed by atoms with Gasteiger partial charge in [0, 0.05) is 17.4 Å². The number of esters is 1. The average Bonchev–Trinajstić information content (AvgIpc) is 2.74. The Morgan fingerprint density at radius 3 is 2.70 bits per heavy atom. The van der Waals surface area contributed by atoms with Crippen LogP contribution in [0.1, 0.15) is 59.8 Å². The molecule has 2 aliphatic carbocycles. The van der Waals surface area contributed by atoms with Gasteiger partial charge >= 0.3 is 5.97 Å². The maximum Gasteiger partial charge on any atom is 0.334 e. The number of aliphatic hydroxyl groups is 1. The molecule has 0 fully saturated rings. The summed E-state index contributed by atoms with van der Waals surface area (Å²) >= 11 is 0. The highest BCUT2D eigenvalue weighted by Gasteiger charge is 2.45. The molecule has 126 valence electrons. The summed E-state index contributed by atoms with van der Waals surface area (Å²) in [6.45, 7) is 8.39. The first-order valence-electron chi connectivity index (χ1n) is 8.74. The Morgan fingerprint density at radius 1 is 1.22 bits per heavy atom. The highest BCUT2D eigenvalue weighted by molar-refractivity contribution is 5.91. The van der Waals surface area contributed by atoms with E-state index in [9.17, 15) is 9.90 Å². The number of hydrogen-bond acceptors (Lipinski definition) is 3. The van der Waals surface area contributed by atoms with Crippen molar-refractivity contribution in [1.82, 2.24) is 0 Å². The highest BCUT2D eigenvalue weighted by atomic mass is 16.5. The zero-order valence-electron chi connectivity index (χ0n) is 14.7. The molecule has 3 rings (SSSR count). The SMILES string of the molecule is CC1=CC[C@@H](O)[C@]2(C)CC/C=C(\C)C[C@@H]3OC(=O)C(C)=C3C[C@@H]12. The van der Waals surface area contributed by atoms with Crippen molar-refractivity contribution >= 4 is 5.97 Å². The van der Waals surface area contributed by atoms with Gasteiger partial charge in [-0.25, -0.2) is 4.79 Å². The van der Waals surface area contributed by atoms with Gasteiger partial charge in [0.15, 0.2) is 0 Å². The van der Waals surface area contributed by atoms with Crippen LogP contribution in [0.15, 0.2) is 34.4 Å². The van der Waals surface area contributed by atoms with E-state index >= 15 is 0 Å². The lowest BCUT2D eigenvalue weighted by molar-refractivity contribution is -0.139. The van der Waals surface area contributed by atoms with Crippen LogP contribution in [-0.2, 0) is 9.53 Å². The van der Waals surface area contributed by atoms with Crippen LogP contribution < -0.4 is 0 Å². The van der Waals surface area contributed by atoms with Crippen molar-refractivity contribution in [3.63, 3.8) is 0 Å². The molecule has 1 heterocycles. The fraction of sp³-hybridized carbons (Fsp3) is 0.650. The van der Waals surface area contributed by atoms with E-state index in [4.69, 9.17) is 4.74 Å². The minimum Gasteiger partial charge on any atom is -0.454 e. The molecule has 3 heteroatoms. The van der Waals surface area contributed by atoms with Gasteiger partial charge in [-0.1, -0.05) is 30.2 Å². The Morgan fingerprint density at radius 2 is 1.96 bits per heavy atom. The third-order valence-electron chi connectivity index (χ3n) is 6.30. The lowest BCUT2D eigenvalue weighted by atomic mass is 9.61. The predicted molar refractivity (Wildman–Crippen MR) is 90.8 cm³/mol. The summed E-state index contributed by atoms with van der Waals surface area (Å²) in [7, 11) is 0. The van der Waals surface area contributed by atoms with Crippen LogP contribution in [0.4, 0.5) is 0 Å². The molecule has 0 aromatic carbocycles. The van der Waals surface area contributed by atoms with Crippen LogP contribution in [0.5, 0.6) is 0 Å². The molecule has 3 nitrogen and oxygen atoms in total. The molecule has 1 N–H and O–H groups in total. The Kier molecular flexibility index (Phi) is 4.26. The molecular formula is C20H28O3. The van der Waals surface area contributed by atoms with Crippen LogP contribution in [0.3, 0.4) is 0 Å². The van der Waals surface area contributed by atoms with Crippen molar-refractivity contribution in [2.75, 3.05) is 0 Å². The fourth-order valence-corrected chi connectivity index (χ4v) is 4.53. The summed E-state index contributed by atoms with van der Waals surface area (Å²) in [5.74, 6) is 0.108. The van der Waals surface area contributed by atoms with Gasteiger partial charge in [-0.3, -0.25) is 0 Å². The van der Waals surface area contributed by atoms with Crippen LogP contribution in [-0.4, -0.2) is 23.3 Å². The molecule has 0 saturated carbocycles. The number of ether oxygens (including phenoxy) is 1. The van der Waals surface area contributed by atoms with Gasteiger partial charge in [-0.15, -0.1) is 0 Å². The Bertz CT molecular complexity index is 610. The van der Waals surface area contributed by atoms with Gasteiger partial charge in [-0.2, -0.15) is 0 Å². The Labute approximate surface area is 139 Å². The summed E-state index contributed by atoms with van der Waals surface area (Å²) in [6.07, 6.45) is 8.31. The third kappa shape index (κ3) is 2.80. The molecule has 0 spiro atoms. The summed E-state index contributed by atoms with van der Waals surface area (Å²) in [4.78, 5) is 12.1. The molecule has 0 saturated heterocycles. The second-order valence-corrected chi connectivity index (χ2v) is 7.80. The van der Waals surface area contributed by atoms with E-state index in [2.05, 4.69) is 32.9 Å². The summed E-state index contributed by atoms with van der Waals surface area (Å²) in [5.41, 5.74) is 4.39. The largest absolute Gasteiger partial charge is 0.454 e. The number of carbonyl (C=O) groups excluding carboxylic acids is 1. The lowest BCUT2D eigenvalue weighted by Crippen LogP contribution is -2.43. The molecule has 0 bridgehead atoms. The topological polar surface area (TPSA) is 46.5 Å². The quantitative estimate of drug-likeness (QED) is 0.541. The van der Waals surface area contributed by atoms with Crippen molar-refractivity contribution in [3.8, 4) is 0 Å². The summed E-state index contributed by atoms with van der Waals surface area (Å²) in [5, 5.41) is 10.7. The first kappa shape index (κ1) is 16.5. The fourth-order valence-electron chi connectivity index (χ4n) is 4.53. The van der Waals surface area contributed by atoms with Crippen LogP contribution >= 0.6 is 0 Å². The van der Waals surface area contributed by atoms with Crippen molar-refractivity contribution in [2.45, 2.75) is 72.0 Å². The van der Waals surface area contributed by atoms with Crippen molar-refractivity contribution in [3.05, 3.63) is 34.4 Å². The highest BCUT2D eigenvalue weighted by Crippen LogP contribution is 2.49. The maximum absolute atomic E-state index is 12.1. The van der Waals surface area contributed by atoms with Crippen LogP contribution in [0, 0.1) is 11.3 Å². The lowest BCUT2D eigenvalue weighted by Gasteiger charge is -2.46. The van der Waals surface area contributed by atoms with Gasteiger partial charge in [0.2, 0.25) is 0 Å². The minimum atomic E-state index is -0.318. The minimum absolute atomic E-state index is 0.118. The van der Waals surface area contributed by atoms with E-state index in [0.29, 0.717) is 0 Å². The number of carbonyl (C=O) groups is 1. The molecule has 0 aromatic rings. The molecule has 1 aliphatic heterocycles. The van der Waals surface area contributed by atoms with Crippen molar-refractivity contribution < 1.29 is 14.6 Å². The zero-order chi connectivity index (χ0) is 16.8. The maximum atomic E-state index is 12.1. The molecular weight excluding hydrogens is 288 g/mol. The first-order chi connectivity index (χ1) is 10.8. The van der Waals surface area contributed by atoms with E-state index in [1.807, 2.05) is 6.92 Å². The number of rotatable bonds is 0. The number of hydrogen-bond donors (Lipinski definition) is 1. The third-order valence-corrected chi connectivity index (χ3v) is 6.30. The molecule has 0 amide bonds. The first-order valence-corrected chi connectivity index (χ1v) is 8.74. The van der Waals surface area contributed by atoms with Gasteiger partial charge in [0.25, 0.3) is 0 Å². The molecule has 0 unspecified atom stereocenters. The normalized spacial score (nSPS) is 40.6. The smallest absolute Gasteiger partial charge is 0.334 e. The van der Waals surface area contributed by atoms with E-state index in [-0.39, 0.29) is 29.5 Å². The summed E-state index contributed by atoms with van der Waals surface area (Å²) in [6, 6.07) is 0. The van der Waals surface area contributed by atoms with Gasteiger partial charge in [-0.05, 0) is 57.9 Å². The van der Waals surface area contributed by atoms with E-state index in [1.54, 1.807) is 0 Å². The van der Waals surface area contributed by atoms with Crippen LogP contribution in [0.25, 0.3) is 0 Å². The average molecular weight is 316 g/mol. The van der Waals surface area contributed by atoms with E-state index in [0.717, 1.165) is 43.3 Å². The van der Waals surface area contributed by atoms with E-state index in [1.165, 1.54) is 11.1 Å². The molecule has 4 atom stereocenters. The van der Waals surface area contributed by atoms with Crippen LogP contribution in [0.2, 0.25) is 0 Å². The second-order valence-electron chi connectivity index (χ2n) is 7.80. The Hall–Kier alpha value is -1.35. The summed E-state index contributed by atoms with van der Waals surface area (Å²) < 4.78 is 5.62. The molecule has 23 heavy (non-hydrogen) atoms. The second kappa shape index (κ2) is 5.94. The monoisotopic (exact) mass is 316 g/mol. The number of fused-ring (bicyclic) bond motifs is 2. The zero-order valence-corrected chi connectivity index (χ0v) is 14.7. The van der Waals surface area contributed by atoms with E-state index < -0.39 is 0 Å². The molecule has 0 aromatic heterocycles.